The minimum absolute atomic E-state index is 0.00823. The van der Waals surface area contributed by atoms with Crippen molar-refractivity contribution in [2.75, 3.05) is 16.8 Å². The Morgan fingerprint density at radius 2 is 2.22 bits per heavy atom. The van der Waals surface area contributed by atoms with Crippen LogP contribution in [0.25, 0.3) is 0 Å². The van der Waals surface area contributed by atoms with E-state index in [1.54, 1.807) is 12.1 Å². The fourth-order valence-corrected chi connectivity index (χ4v) is 4.35. The van der Waals surface area contributed by atoms with Gasteiger partial charge in [-0.2, -0.15) is 0 Å². The molecule has 0 aliphatic carbocycles. The molecule has 0 amide bonds. The first-order chi connectivity index (χ1) is 10.9. The number of nitrogens with zero attached hydrogens (tertiary/aromatic N) is 3. The van der Waals surface area contributed by atoms with Gasteiger partial charge in [0.2, 0.25) is 5.89 Å². The van der Waals surface area contributed by atoms with Crippen LogP contribution in [-0.4, -0.2) is 35.0 Å². The Labute approximate surface area is 131 Å². The van der Waals surface area contributed by atoms with Crippen LogP contribution in [0.5, 0.6) is 0 Å². The average molecular weight is 338 g/mol. The lowest BCUT2D eigenvalue weighted by atomic mass is 10.1. The second-order valence-corrected chi connectivity index (χ2v) is 7.64. The van der Waals surface area contributed by atoms with Crippen LogP contribution in [0, 0.1) is 16.0 Å². The molecule has 122 valence electrons. The van der Waals surface area contributed by atoms with E-state index in [9.17, 15) is 18.5 Å². The summed E-state index contributed by atoms with van der Waals surface area (Å²) in [7, 11) is -2.94. The SMILES string of the molecule is O=[N+]([O-])c1cccc(Nc2nnc(CC3CCS(=O)(=O)C3)o2)c1. The summed E-state index contributed by atoms with van der Waals surface area (Å²) in [5.41, 5.74) is 0.406. The lowest BCUT2D eigenvalue weighted by Gasteiger charge is -2.02. The quantitative estimate of drug-likeness (QED) is 0.644. The second kappa shape index (κ2) is 5.95. The topological polar surface area (TPSA) is 128 Å². The number of non-ortho nitro benzene ring substituents is 1. The molecule has 2 aromatic rings. The molecular weight excluding hydrogens is 324 g/mol. The van der Waals surface area contributed by atoms with Gasteiger partial charge in [-0.25, -0.2) is 8.42 Å². The van der Waals surface area contributed by atoms with Crippen LogP contribution in [0.4, 0.5) is 17.4 Å². The van der Waals surface area contributed by atoms with Crippen LogP contribution in [0.3, 0.4) is 0 Å². The first-order valence-electron chi connectivity index (χ1n) is 6.95. The Bertz CT molecular complexity index is 832. The normalized spacial score (nSPS) is 19.6. The Morgan fingerprint density at radius 3 is 2.91 bits per heavy atom. The molecule has 1 aliphatic rings. The number of sulfone groups is 1. The monoisotopic (exact) mass is 338 g/mol. The summed E-state index contributed by atoms with van der Waals surface area (Å²) in [5.74, 6) is 0.680. The third kappa shape index (κ3) is 3.83. The fourth-order valence-electron chi connectivity index (χ4n) is 2.49. The first-order valence-corrected chi connectivity index (χ1v) is 8.78. The van der Waals surface area contributed by atoms with Gasteiger partial charge < -0.3 is 9.73 Å². The van der Waals surface area contributed by atoms with Crippen LogP contribution < -0.4 is 5.32 Å². The van der Waals surface area contributed by atoms with Crippen LogP contribution in [0.2, 0.25) is 0 Å². The largest absolute Gasteiger partial charge is 0.408 e. The van der Waals surface area contributed by atoms with Crippen molar-refractivity contribution in [3.05, 3.63) is 40.3 Å². The number of hydrogen-bond donors (Lipinski definition) is 1. The molecule has 0 radical (unpaired) electrons. The van der Waals surface area contributed by atoms with E-state index in [0.29, 0.717) is 24.4 Å². The van der Waals surface area contributed by atoms with Crippen LogP contribution in [0.1, 0.15) is 12.3 Å². The zero-order valence-corrected chi connectivity index (χ0v) is 12.8. The lowest BCUT2D eigenvalue weighted by Crippen LogP contribution is -2.07. The molecule has 1 unspecified atom stereocenters. The summed E-state index contributed by atoms with van der Waals surface area (Å²) in [6.07, 6.45) is 1.00. The predicted octanol–water partition coefficient (Wildman–Crippen LogP) is 1.70. The molecule has 1 aromatic heterocycles. The molecule has 0 saturated carbocycles. The number of anilines is 2. The van der Waals surface area contributed by atoms with Crippen LogP contribution >= 0.6 is 0 Å². The van der Waals surface area contributed by atoms with Crippen molar-refractivity contribution >= 4 is 27.2 Å². The highest BCUT2D eigenvalue weighted by molar-refractivity contribution is 7.91. The van der Waals surface area contributed by atoms with Gasteiger partial charge in [-0.05, 0) is 18.4 Å². The predicted molar refractivity (Wildman–Crippen MR) is 81.1 cm³/mol. The summed E-state index contributed by atoms with van der Waals surface area (Å²) in [4.78, 5) is 10.2. The Balaban J connectivity index is 1.66. The molecule has 1 atom stereocenters. The maximum Gasteiger partial charge on any atom is 0.320 e. The van der Waals surface area contributed by atoms with Gasteiger partial charge in [-0.1, -0.05) is 11.2 Å². The van der Waals surface area contributed by atoms with Gasteiger partial charge in [0.15, 0.2) is 9.84 Å². The molecule has 1 N–H and O–H groups in total. The summed E-state index contributed by atoms with van der Waals surface area (Å²) < 4.78 is 28.3. The van der Waals surface area contributed by atoms with E-state index >= 15 is 0 Å². The maximum absolute atomic E-state index is 11.4. The van der Waals surface area contributed by atoms with Gasteiger partial charge in [0.25, 0.3) is 5.69 Å². The molecule has 1 aliphatic heterocycles. The number of rotatable bonds is 5. The van der Waals surface area contributed by atoms with Gasteiger partial charge in [-0.3, -0.25) is 10.1 Å². The summed E-state index contributed by atoms with van der Waals surface area (Å²) in [6, 6.07) is 6.03. The zero-order chi connectivity index (χ0) is 16.4. The standard InChI is InChI=1S/C13H14N4O5S/c18-17(19)11-3-1-2-10(7-11)14-13-16-15-12(22-13)6-9-4-5-23(20,21)8-9/h1-3,7,9H,4-6,8H2,(H,14,16). The molecule has 1 fully saturated rings. The zero-order valence-electron chi connectivity index (χ0n) is 12.0. The third-order valence-corrected chi connectivity index (χ3v) is 5.40. The van der Waals surface area contributed by atoms with Crippen molar-refractivity contribution in [2.45, 2.75) is 12.8 Å². The third-order valence-electron chi connectivity index (χ3n) is 3.57. The molecule has 3 rings (SSSR count). The van der Waals surface area contributed by atoms with Crippen molar-refractivity contribution in [1.29, 1.82) is 0 Å². The lowest BCUT2D eigenvalue weighted by molar-refractivity contribution is -0.384. The molecular formula is C13H14N4O5S. The minimum atomic E-state index is -2.94. The van der Waals surface area contributed by atoms with Crippen LogP contribution in [0.15, 0.2) is 28.7 Å². The molecule has 0 spiro atoms. The van der Waals surface area contributed by atoms with E-state index in [-0.39, 0.29) is 29.1 Å². The summed E-state index contributed by atoms with van der Waals surface area (Å²) in [6.45, 7) is 0. The molecule has 10 heteroatoms. The van der Waals surface area contributed by atoms with Crippen molar-refractivity contribution in [3.8, 4) is 0 Å². The molecule has 1 saturated heterocycles. The summed E-state index contributed by atoms with van der Waals surface area (Å²) in [5, 5.41) is 21.2. The van der Waals surface area contributed by atoms with E-state index in [1.807, 2.05) is 0 Å². The number of benzene rings is 1. The van der Waals surface area contributed by atoms with E-state index in [2.05, 4.69) is 15.5 Å². The number of nitro groups is 1. The fraction of sp³-hybridized carbons (Fsp3) is 0.385. The average Bonchev–Trinajstić information content (AvgIpc) is 3.06. The van der Waals surface area contributed by atoms with Crippen LogP contribution in [-0.2, 0) is 16.3 Å². The van der Waals surface area contributed by atoms with Gasteiger partial charge in [0.1, 0.15) is 0 Å². The van der Waals surface area contributed by atoms with E-state index in [0.717, 1.165) is 0 Å². The number of aromatic nitrogens is 2. The molecule has 0 bridgehead atoms. The van der Waals surface area contributed by atoms with Crippen molar-refractivity contribution < 1.29 is 17.8 Å². The highest BCUT2D eigenvalue weighted by Gasteiger charge is 2.29. The Hall–Kier alpha value is -2.49. The highest BCUT2D eigenvalue weighted by atomic mass is 32.2. The summed E-state index contributed by atoms with van der Waals surface area (Å²) >= 11 is 0. The first kappa shape index (κ1) is 15.4. The van der Waals surface area contributed by atoms with E-state index < -0.39 is 14.8 Å². The number of nitro benzene ring substituents is 1. The van der Waals surface area contributed by atoms with Crippen molar-refractivity contribution in [1.82, 2.24) is 10.2 Å². The Kier molecular flexibility index (Phi) is 3.99. The maximum atomic E-state index is 11.4. The molecule has 2 heterocycles. The number of hydrogen-bond acceptors (Lipinski definition) is 8. The molecule has 1 aromatic carbocycles. The van der Waals surface area contributed by atoms with Crippen molar-refractivity contribution in [3.63, 3.8) is 0 Å². The smallest absolute Gasteiger partial charge is 0.320 e. The van der Waals surface area contributed by atoms with E-state index in [1.165, 1.54) is 12.1 Å². The Morgan fingerprint density at radius 1 is 1.39 bits per heavy atom. The second-order valence-electron chi connectivity index (χ2n) is 5.41. The van der Waals surface area contributed by atoms with Gasteiger partial charge in [-0.15, -0.1) is 5.10 Å². The minimum Gasteiger partial charge on any atom is -0.408 e. The van der Waals surface area contributed by atoms with Gasteiger partial charge in [0.05, 0.1) is 16.4 Å². The van der Waals surface area contributed by atoms with Gasteiger partial charge >= 0.3 is 6.01 Å². The van der Waals surface area contributed by atoms with Crippen molar-refractivity contribution in [2.24, 2.45) is 5.92 Å². The van der Waals surface area contributed by atoms with E-state index in [4.69, 9.17) is 4.42 Å². The number of nitrogens with one attached hydrogen (secondary N) is 1. The molecule has 9 nitrogen and oxygen atoms in total. The highest BCUT2D eigenvalue weighted by Crippen LogP contribution is 2.24. The van der Waals surface area contributed by atoms with Gasteiger partial charge in [0, 0.05) is 24.2 Å². The molecule has 23 heavy (non-hydrogen) atoms.